The summed E-state index contributed by atoms with van der Waals surface area (Å²) in [6, 6.07) is 0. The van der Waals surface area contributed by atoms with Crippen LogP contribution in [0, 0.1) is 5.92 Å². The van der Waals surface area contributed by atoms with Gasteiger partial charge in [0.15, 0.2) is 0 Å². The normalized spacial score (nSPS) is 24.7. The fraction of sp³-hybridized carbons (Fsp3) is 0.933. The summed E-state index contributed by atoms with van der Waals surface area (Å²) in [4.78, 5) is 14.3. The summed E-state index contributed by atoms with van der Waals surface area (Å²) < 4.78 is 11.2. The molecule has 2 saturated heterocycles. The van der Waals surface area contributed by atoms with E-state index in [1.54, 1.807) is 0 Å². The summed E-state index contributed by atoms with van der Waals surface area (Å²) in [5.41, 5.74) is 0. The maximum atomic E-state index is 12.3. The number of halogens is 1. The quantitative estimate of drug-likeness (QED) is 0.805. The Bertz CT molecular complexity index is 303. The van der Waals surface area contributed by atoms with Gasteiger partial charge in [-0.25, -0.2) is 0 Å². The molecule has 2 fully saturated rings. The summed E-state index contributed by atoms with van der Waals surface area (Å²) in [6.45, 7) is 6.00. The summed E-state index contributed by atoms with van der Waals surface area (Å²) in [5, 5.41) is 3.21. The highest BCUT2D eigenvalue weighted by Gasteiger charge is 2.27. The van der Waals surface area contributed by atoms with Crippen molar-refractivity contribution in [2.75, 3.05) is 39.9 Å². The van der Waals surface area contributed by atoms with Crippen molar-refractivity contribution in [1.29, 1.82) is 0 Å². The topological polar surface area (TPSA) is 50.8 Å². The zero-order chi connectivity index (χ0) is 14.4. The van der Waals surface area contributed by atoms with E-state index in [0.29, 0.717) is 12.5 Å². The van der Waals surface area contributed by atoms with Gasteiger partial charge >= 0.3 is 0 Å². The minimum absolute atomic E-state index is 0. The molecule has 2 rings (SSSR count). The number of piperidine rings is 1. The zero-order valence-corrected chi connectivity index (χ0v) is 14.0. The maximum absolute atomic E-state index is 12.3. The molecular formula is C15H29ClN2O3. The van der Waals surface area contributed by atoms with Crippen molar-refractivity contribution in [3.63, 3.8) is 0 Å². The predicted molar refractivity (Wildman–Crippen MR) is 84.9 cm³/mol. The van der Waals surface area contributed by atoms with E-state index in [9.17, 15) is 4.79 Å². The van der Waals surface area contributed by atoms with Gasteiger partial charge in [-0.15, -0.1) is 12.4 Å². The van der Waals surface area contributed by atoms with Crippen LogP contribution in [0.3, 0.4) is 0 Å². The number of likely N-dealkylation sites (tertiary alicyclic amines) is 1. The van der Waals surface area contributed by atoms with Crippen LogP contribution in [0.1, 0.15) is 32.6 Å². The van der Waals surface area contributed by atoms with E-state index in [4.69, 9.17) is 9.47 Å². The Morgan fingerprint density at radius 2 is 2.10 bits per heavy atom. The van der Waals surface area contributed by atoms with E-state index in [0.717, 1.165) is 51.9 Å². The smallest absolute Gasteiger partial charge is 0.251 e. The van der Waals surface area contributed by atoms with Gasteiger partial charge in [0.05, 0.1) is 12.7 Å². The lowest BCUT2D eigenvalue weighted by Gasteiger charge is -2.33. The van der Waals surface area contributed by atoms with E-state index in [-0.39, 0.29) is 30.5 Å². The van der Waals surface area contributed by atoms with Crippen molar-refractivity contribution in [1.82, 2.24) is 10.2 Å². The molecule has 0 saturated carbocycles. The molecule has 1 amide bonds. The van der Waals surface area contributed by atoms with Gasteiger partial charge in [0.25, 0.3) is 5.91 Å². The molecule has 1 N–H and O–H groups in total. The van der Waals surface area contributed by atoms with Crippen molar-refractivity contribution in [2.24, 2.45) is 5.92 Å². The third kappa shape index (κ3) is 5.74. The molecule has 2 aliphatic heterocycles. The van der Waals surface area contributed by atoms with Gasteiger partial charge in [-0.1, -0.05) is 0 Å². The van der Waals surface area contributed by atoms with Crippen LogP contribution < -0.4 is 5.32 Å². The van der Waals surface area contributed by atoms with Crippen molar-refractivity contribution in [2.45, 2.75) is 44.8 Å². The molecule has 5 nitrogen and oxygen atoms in total. The van der Waals surface area contributed by atoms with Crippen LogP contribution in [-0.4, -0.2) is 62.9 Å². The summed E-state index contributed by atoms with van der Waals surface area (Å²) in [7, 11) is 1.98. The molecular weight excluding hydrogens is 292 g/mol. The Kier molecular flexibility index (Phi) is 8.56. The van der Waals surface area contributed by atoms with Crippen LogP contribution in [0.5, 0.6) is 0 Å². The largest absolute Gasteiger partial charge is 0.376 e. The Morgan fingerprint density at radius 1 is 1.38 bits per heavy atom. The lowest BCUT2D eigenvalue weighted by molar-refractivity contribution is -0.146. The number of carbonyl (C=O) groups excluding carboxylic acids is 1. The van der Waals surface area contributed by atoms with Crippen LogP contribution in [-0.2, 0) is 14.3 Å². The molecule has 0 bridgehead atoms. The van der Waals surface area contributed by atoms with E-state index in [2.05, 4.69) is 5.32 Å². The average molecular weight is 321 g/mol. The van der Waals surface area contributed by atoms with E-state index < -0.39 is 0 Å². The Hall–Kier alpha value is -0.360. The Balaban J connectivity index is 0.00000220. The van der Waals surface area contributed by atoms with Crippen molar-refractivity contribution < 1.29 is 14.3 Å². The van der Waals surface area contributed by atoms with Crippen LogP contribution in [0.15, 0.2) is 0 Å². The molecule has 2 unspecified atom stereocenters. The summed E-state index contributed by atoms with van der Waals surface area (Å²) >= 11 is 0. The number of rotatable bonds is 6. The molecule has 0 aromatic heterocycles. The van der Waals surface area contributed by atoms with E-state index >= 15 is 0 Å². The minimum atomic E-state index is -0.347. The van der Waals surface area contributed by atoms with Crippen molar-refractivity contribution in [3.05, 3.63) is 0 Å². The number of hydrogen-bond acceptors (Lipinski definition) is 4. The second kappa shape index (κ2) is 9.62. The fourth-order valence-corrected chi connectivity index (χ4v) is 3.00. The molecule has 2 aliphatic rings. The molecule has 2 heterocycles. The molecule has 0 radical (unpaired) electrons. The minimum Gasteiger partial charge on any atom is -0.376 e. The predicted octanol–water partition coefficient (Wildman–Crippen LogP) is 1.45. The molecule has 0 aliphatic carbocycles. The number of hydrogen-bond donors (Lipinski definition) is 1. The number of carbonyl (C=O) groups is 1. The molecule has 0 aromatic rings. The molecule has 0 spiro atoms. The lowest BCUT2D eigenvalue weighted by Crippen LogP contribution is -2.45. The molecule has 6 heteroatoms. The summed E-state index contributed by atoms with van der Waals surface area (Å²) in [5.74, 6) is 0.832. The monoisotopic (exact) mass is 320 g/mol. The number of amides is 1. The molecule has 0 aromatic carbocycles. The highest BCUT2D eigenvalue weighted by atomic mass is 35.5. The lowest BCUT2D eigenvalue weighted by atomic mass is 9.96. The van der Waals surface area contributed by atoms with Crippen LogP contribution in [0.4, 0.5) is 0 Å². The highest BCUT2D eigenvalue weighted by Crippen LogP contribution is 2.18. The standard InChI is InChI=1S/C15H28N2O3.ClH/c1-12(20-11-14-4-3-9-19-14)15(18)17-7-5-13(6-8-17)10-16-2;/h12-14,16H,3-11H2,1-2H3;1H. The van der Waals surface area contributed by atoms with Gasteiger partial charge in [0.2, 0.25) is 0 Å². The van der Waals surface area contributed by atoms with Crippen LogP contribution in [0.25, 0.3) is 0 Å². The number of ether oxygens (including phenoxy) is 2. The summed E-state index contributed by atoms with van der Waals surface area (Å²) in [6.07, 6.45) is 4.17. The Morgan fingerprint density at radius 3 is 2.67 bits per heavy atom. The SMILES string of the molecule is CNCC1CCN(C(=O)C(C)OCC2CCCO2)CC1.Cl. The van der Waals surface area contributed by atoms with Crippen molar-refractivity contribution >= 4 is 18.3 Å². The average Bonchev–Trinajstić information content (AvgIpc) is 2.98. The molecule has 124 valence electrons. The first-order chi connectivity index (χ1) is 9.70. The number of nitrogens with zero attached hydrogens (tertiary/aromatic N) is 1. The Labute approximate surface area is 134 Å². The third-order valence-corrected chi connectivity index (χ3v) is 4.32. The van der Waals surface area contributed by atoms with E-state index in [1.165, 1.54) is 0 Å². The van der Waals surface area contributed by atoms with Crippen LogP contribution in [0.2, 0.25) is 0 Å². The molecule has 2 atom stereocenters. The van der Waals surface area contributed by atoms with Gasteiger partial charge in [0.1, 0.15) is 6.10 Å². The second-order valence-corrected chi connectivity index (χ2v) is 5.94. The first-order valence-corrected chi connectivity index (χ1v) is 7.87. The second-order valence-electron chi connectivity index (χ2n) is 5.94. The van der Waals surface area contributed by atoms with Gasteiger partial charge in [-0.05, 0) is 52.1 Å². The number of nitrogens with one attached hydrogen (secondary N) is 1. The van der Waals surface area contributed by atoms with E-state index in [1.807, 2.05) is 18.9 Å². The van der Waals surface area contributed by atoms with Gasteiger partial charge in [-0.3, -0.25) is 4.79 Å². The van der Waals surface area contributed by atoms with Gasteiger partial charge in [-0.2, -0.15) is 0 Å². The van der Waals surface area contributed by atoms with Crippen molar-refractivity contribution in [3.8, 4) is 0 Å². The maximum Gasteiger partial charge on any atom is 0.251 e. The first kappa shape index (κ1) is 18.7. The first-order valence-electron chi connectivity index (χ1n) is 7.87. The zero-order valence-electron chi connectivity index (χ0n) is 13.2. The van der Waals surface area contributed by atoms with Gasteiger partial charge in [0, 0.05) is 19.7 Å². The fourth-order valence-electron chi connectivity index (χ4n) is 3.00. The third-order valence-electron chi connectivity index (χ3n) is 4.32. The van der Waals surface area contributed by atoms with Crippen LogP contribution >= 0.6 is 12.4 Å². The molecule has 21 heavy (non-hydrogen) atoms. The van der Waals surface area contributed by atoms with Gasteiger partial charge < -0.3 is 19.7 Å². The highest BCUT2D eigenvalue weighted by molar-refractivity contribution is 5.85.